The van der Waals surface area contributed by atoms with E-state index in [2.05, 4.69) is 0 Å². The van der Waals surface area contributed by atoms with Crippen molar-refractivity contribution in [2.24, 2.45) is 0 Å². The third kappa shape index (κ3) is 3.09. The summed E-state index contributed by atoms with van der Waals surface area (Å²) in [5, 5.41) is 0. The minimum atomic E-state index is -3.51. The zero-order valence-electron chi connectivity index (χ0n) is 7.90. The molecule has 6 heteroatoms. The third-order valence-electron chi connectivity index (χ3n) is 2.40. The molecule has 0 amide bonds. The summed E-state index contributed by atoms with van der Waals surface area (Å²) in [4.78, 5) is 2.04. The van der Waals surface area contributed by atoms with Crippen LogP contribution in [0.15, 0.2) is 0 Å². The fourth-order valence-electron chi connectivity index (χ4n) is 1.54. The Labute approximate surface area is 84.0 Å². The van der Waals surface area contributed by atoms with E-state index in [-0.39, 0.29) is 0 Å². The summed E-state index contributed by atoms with van der Waals surface area (Å²) in [6.45, 7) is 1.06. The fourth-order valence-corrected chi connectivity index (χ4v) is 2.61. The van der Waals surface area contributed by atoms with Crippen LogP contribution in [0, 0.1) is 0 Å². The fraction of sp³-hybridized carbons (Fsp3) is 1.00. The van der Waals surface area contributed by atoms with Crippen molar-refractivity contribution in [1.82, 2.24) is 9.21 Å². The summed E-state index contributed by atoms with van der Waals surface area (Å²) in [6, 6.07) is 0.294. The molecule has 1 unspecified atom stereocenters. The average Bonchev–Trinajstić information content (AvgIpc) is 2.03. The predicted molar refractivity (Wildman–Crippen MR) is 53.1 cm³/mol. The molecule has 1 heterocycles. The van der Waals surface area contributed by atoms with Crippen molar-refractivity contribution < 1.29 is 8.42 Å². The molecule has 0 spiro atoms. The average molecular weight is 227 g/mol. The van der Waals surface area contributed by atoms with E-state index >= 15 is 0 Å². The van der Waals surface area contributed by atoms with Crippen molar-refractivity contribution in [3.8, 4) is 0 Å². The Morgan fingerprint density at radius 1 is 1.46 bits per heavy atom. The second-order valence-electron chi connectivity index (χ2n) is 3.56. The Kier molecular flexibility index (Phi) is 3.57. The lowest BCUT2D eigenvalue weighted by Gasteiger charge is -2.33. The van der Waals surface area contributed by atoms with Crippen molar-refractivity contribution in [2.75, 3.05) is 27.2 Å². The van der Waals surface area contributed by atoms with Crippen LogP contribution in [0.1, 0.15) is 12.8 Å². The maximum atomic E-state index is 11.0. The topological polar surface area (TPSA) is 40.6 Å². The van der Waals surface area contributed by atoms with Crippen molar-refractivity contribution in [2.45, 2.75) is 18.9 Å². The molecule has 0 saturated carbocycles. The number of piperidine rings is 1. The van der Waals surface area contributed by atoms with Crippen LogP contribution >= 0.6 is 10.7 Å². The highest BCUT2D eigenvalue weighted by Crippen LogP contribution is 2.18. The molecule has 13 heavy (non-hydrogen) atoms. The molecule has 1 rings (SSSR count). The summed E-state index contributed by atoms with van der Waals surface area (Å²) in [7, 11) is 5.65. The molecule has 1 aliphatic heterocycles. The lowest BCUT2D eigenvalue weighted by molar-refractivity contribution is 0.192. The summed E-state index contributed by atoms with van der Waals surface area (Å²) in [6.07, 6.45) is 1.92. The molecule has 78 valence electrons. The van der Waals surface area contributed by atoms with E-state index in [1.165, 1.54) is 4.31 Å². The first kappa shape index (κ1) is 11.2. The quantitative estimate of drug-likeness (QED) is 0.644. The van der Waals surface area contributed by atoms with E-state index in [9.17, 15) is 8.42 Å². The molecule has 0 bridgehead atoms. The Hall–Kier alpha value is 0.160. The molecule has 1 aliphatic rings. The molecule has 0 aliphatic carbocycles. The monoisotopic (exact) mass is 226 g/mol. The van der Waals surface area contributed by atoms with Crippen molar-refractivity contribution in [3.63, 3.8) is 0 Å². The highest BCUT2D eigenvalue weighted by Gasteiger charge is 2.27. The Morgan fingerprint density at radius 3 is 2.54 bits per heavy atom. The standard InChI is InChI=1S/C7H15ClN2O2S/c1-9(2)7-4-3-5-10(6-7)13(8,11)12/h7H,3-6H2,1-2H3. The summed E-state index contributed by atoms with van der Waals surface area (Å²) >= 11 is 0. The smallest absolute Gasteiger partial charge is 0.299 e. The van der Waals surface area contributed by atoms with Gasteiger partial charge in [0.1, 0.15) is 0 Å². The molecule has 0 radical (unpaired) electrons. The van der Waals surface area contributed by atoms with E-state index in [4.69, 9.17) is 10.7 Å². The number of halogens is 1. The number of hydrogen-bond acceptors (Lipinski definition) is 3. The van der Waals surface area contributed by atoms with Gasteiger partial charge in [-0.05, 0) is 26.9 Å². The van der Waals surface area contributed by atoms with Crippen LogP contribution in [0.3, 0.4) is 0 Å². The van der Waals surface area contributed by atoms with E-state index in [0.29, 0.717) is 19.1 Å². The van der Waals surface area contributed by atoms with E-state index in [1.807, 2.05) is 19.0 Å². The molecule has 0 aromatic rings. The molecule has 4 nitrogen and oxygen atoms in total. The minimum absolute atomic E-state index is 0.294. The molecule has 0 N–H and O–H groups in total. The Bertz CT molecular complexity index is 266. The van der Waals surface area contributed by atoms with Crippen molar-refractivity contribution in [1.29, 1.82) is 0 Å². The second kappa shape index (κ2) is 4.13. The van der Waals surface area contributed by atoms with E-state index < -0.39 is 9.24 Å². The molecular formula is C7H15ClN2O2S. The normalized spacial score (nSPS) is 26.6. The second-order valence-corrected chi connectivity index (χ2v) is 6.07. The SMILES string of the molecule is CN(C)C1CCCN(S(=O)(=O)Cl)C1. The van der Waals surface area contributed by atoms with Gasteiger partial charge in [-0.15, -0.1) is 0 Å². The first-order chi connectivity index (χ1) is 5.91. The number of nitrogens with zero attached hydrogens (tertiary/aromatic N) is 2. The molecular weight excluding hydrogens is 212 g/mol. The highest BCUT2D eigenvalue weighted by atomic mass is 35.7. The van der Waals surface area contributed by atoms with Crippen LogP contribution < -0.4 is 0 Å². The Morgan fingerprint density at radius 2 is 2.08 bits per heavy atom. The highest BCUT2D eigenvalue weighted by molar-refractivity contribution is 8.11. The van der Waals surface area contributed by atoms with Gasteiger partial charge in [0.05, 0.1) is 0 Å². The maximum Gasteiger partial charge on any atom is 0.299 e. The molecule has 1 atom stereocenters. The van der Waals surface area contributed by atoms with E-state index in [0.717, 1.165) is 12.8 Å². The summed E-state index contributed by atoms with van der Waals surface area (Å²) < 4.78 is 23.4. The molecule has 0 aromatic heterocycles. The predicted octanol–water partition coefficient (Wildman–Crippen LogP) is 0.496. The van der Waals surface area contributed by atoms with Gasteiger partial charge < -0.3 is 4.90 Å². The number of hydrogen-bond donors (Lipinski definition) is 0. The van der Waals surface area contributed by atoms with Crippen molar-refractivity contribution >= 4 is 19.9 Å². The number of rotatable bonds is 2. The lowest BCUT2D eigenvalue weighted by atomic mass is 10.1. The van der Waals surface area contributed by atoms with Crippen molar-refractivity contribution in [3.05, 3.63) is 0 Å². The zero-order chi connectivity index (χ0) is 10.1. The van der Waals surface area contributed by atoms with Crippen LogP contribution in [-0.4, -0.2) is 50.8 Å². The van der Waals surface area contributed by atoms with E-state index in [1.54, 1.807) is 0 Å². The van der Waals surface area contributed by atoms with Gasteiger partial charge in [0.15, 0.2) is 0 Å². The van der Waals surface area contributed by atoms with Gasteiger partial charge in [0.2, 0.25) is 0 Å². The minimum Gasteiger partial charge on any atom is -0.305 e. The summed E-state index contributed by atoms with van der Waals surface area (Å²) in [5.41, 5.74) is 0. The van der Waals surface area contributed by atoms with Gasteiger partial charge in [0.25, 0.3) is 9.24 Å². The maximum absolute atomic E-state index is 11.0. The van der Waals surface area contributed by atoms with Gasteiger partial charge in [0, 0.05) is 29.8 Å². The van der Waals surface area contributed by atoms with Gasteiger partial charge >= 0.3 is 0 Å². The van der Waals surface area contributed by atoms with Crippen LogP contribution in [0.4, 0.5) is 0 Å². The molecule has 0 aromatic carbocycles. The third-order valence-corrected chi connectivity index (χ3v) is 3.93. The van der Waals surface area contributed by atoms with Crippen LogP contribution in [-0.2, 0) is 9.24 Å². The Balaban J connectivity index is 2.62. The van der Waals surface area contributed by atoms with Gasteiger partial charge in [-0.2, -0.15) is 12.7 Å². The first-order valence-corrected chi connectivity index (χ1v) is 6.54. The van der Waals surface area contributed by atoms with Crippen LogP contribution in [0.5, 0.6) is 0 Å². The number of likely N-dealkylation sites (N-methyl/N-ethyl adjacent to an activating group) is 1. The zero-order valence-corrected chi connectivity index (χ0v) is 9.48. The van der Waals surface area contributed by atoms with Gasteiger partial charge in [-0.3, -0.25) is 0 Å². The largest absolute Gasteiger partial charge is 0.305 e. The molecule has 1 fully saturated rings. The first-order valence-electron chi connectivity index (χ1n) is 4.27. The van der Waals surface area contributed by atoms with Gasteiger partial charge in [-0.1, -0.05) is 0 Å². The summed E-state index contributed by atoms with van der Waals surface area (Å²) in [5.74, 6) is 0. The van der Waals surface area contributed by atoms with Gasteiger partial charge in [-0.25, -0.2) is 0 Å². The lowest BCUT2D eigenvalue weighted by Crippen LogP contribution is -2.46. The molecule has 1 saturated heterocycles. The van der Waals surface area contributed by atoms with Crippen LogP contribution in [0.25, 0.3) is 0 Å². The van der Waals surface area contributed by atoms with Crippen LogP contribution in [0.2, 0.25) is 0 Å².